The number of halogens is 1. The lowest BCUT2D eigenvalue weighted by Gasteiger charge is -2.18. The van der Waals surface area contributed by atoms with Crippen molar-refractivity contribution in [1.82, 2.24) is 0 Å². The first-order valence-corrected chi connectivity index (χ1v) is 4.55. The van der Waals surface area contributed by atoms with E-state index in [1.807, 2.05) is 38.9 Å². The Morgan fingerprint density at radius 1 is 1.31 bits per heavy atom. The van der Waals surface area contributed by atoms with E-state index in [2.05, 4.69) is 0 Å². The molecule has 3 heteroatoms. The maximum atomic E-state index is 6.10. The maximum Gasteiger partial charge on any atom is 0.0871 e. The van der Waals surface area contributed by atoms with Crippen molar-refractivity contribution in [3.8, 4) is 0 Å². The molecule has 1 aromatic rings. The highest BCUT2D eigenvalue weighted by atomic mass is 35.5. The van der Waals surface area contributed by atoms with Crippen molar-refractivity contribution in [2.75, 3.05) is 24.7 Å². The van der Waals surface area contributed by atoms with Gasteiger partial charge < -0.3 is 10.6 Å². The highest BCUT2D eigenvalue weighted by Gasteiger charge is 2.10. The second kappa shape index (κ2) is 3.46. The molecule has 0 aliphatic heterocycles. The molecule has 13 heavy (non-hydrogen) atoms. The Bertz CT molecular complexity index is 332. The first-order chi connectivity index (χ1) is 5.95. The zero-order valence-corrected chi connectivity index (χ0v) is 9.24. The minimum absolute atomic E-state index is 0.646. The van der Waals surface area contributed by atoms with Crippen LogP contribution in [0.15, 0.2) is 6.07 Å². The van der Waals surface area contributed by atoms with Crippen molar-refractivity contribution in [3.05, 3.63) is 22.2 Å². The van der Waals surface area contributed by atoms with Crippen molar-refractivity contribution < 1.29 is 0 Å². The average molecular weight is 199 g/mol. The number of anilines is 2. The predicted molar refractivity (Wildman–Crippen MR) is 59.7 cm³/mol. The Morgan fingerprint density at radius 3 is 2.31 bits per heavy atom. The van der Waals surface area contributed by atoms with Crippen molar-refractivity contribution in [3.63, 3.8) is 0 Å². The molecule has 72 valence electrons. The summed E-state index contributed by atoms with van der Waals surface area (Å²) in [6, 6.07) is 2.05. The molecule has 1 rings (SSSR count). The van der Waals surface area contributed by atoms with Gasteiger partial charge in [-0.2, -0.15) is 0 Å². The van der Waals surface area contributed by atoms with Gasteiger partial charge in [-0.25, -0.2) is 0 Å². The minimum Gasteiger partial charge on any atom is -0.397 e. The van der Waals surface area contributed by atoms with E-state index in [1.54, 1.807) is 0 Å². The highest BCUT2D eigenvalue weighted by molar-refractivity contribution is 6.36. The summed E-state index contributed by atoms with van der Waals surface area (Å²) < 4.78 is 0. The van der Waals surface area contributed by atoms with E-state index in [-0.39, 0.29) is 0 Å². The standard InChI is InChI=1S/C10H15ClN2/c1-6-5-8(13(3)4)9(11)10(12)7(6)2/h5H,12H2,1-4H3. The van der Waals surface area contributed by atoms with Gasteiger partial charge in [-0.15, -0.1) is 0 Å². The van der Waals surface area contributed by atoms with Crippen molar-refractivity contribution >= 4 is 23.0 Å². The average Bonchev–Trinajstić information content (AvgIpc) is 2.07. The van der Waals surface area contributed by atoms with Gasteiger partial charge in [0.15, 0.2) is 0 Å². The summed E-state index contributed by atoms with van der Waals surface area (Å²) in [7, 11) is 3.91. The van der Waals surface area contributed by atoms with Crippen molar-refractivity contribution in [2.45, 2.75) is 13.8 Å². The van der Waals surface area contributed by atoms with E-state index in [0.717, 1.165) is 11.3 Å². The van der Waals surface area contributed by atoms with Gasteiger partial charge in [0, 0.05) is 14.1 Å². The molecule has 1 aromatic carbocycles. The molecule has 0 radical (unpaired) electrons. The molecular weight excluding hydrogens is 184 g/mol. The summed E-state index contributed by atoms with van der Waals surface area (Å²) in [6.07, 6.45) is 0. The number of nitrogens with zero attached hydrogens (tertiary/aromatic N) is 1. The van der Waals surface area contributed by atoms with Gasteiger partial charge in [-0.1, -0.05) is 11.6 Å². The largest absolute Gasteiger partial charge is 0.397 e. The molecule has 0 fully saturated rings. The van der Waals surface area contributed by atoms with Crippen LogP contribution in [0.2, 0.25) is 5.02 Å². The molecule has 0 bridgehead atoms. The number of benzene rings is 1. The predicted octanol–water partition coefficient (Wildman–Crippen LogP) is 2.61. The molecule has 0 aliphatic rings. The van der Waals surface area contributed by atoms with Crippen molar-refractivity contribution in [1.29, 1.82) is 0 Å². The zero-order valence-electron chi connectivity index (χ0n) is 8.48. The van der Waals surface area contributed by atoms with Crippen LogP contribution < -0.4 is 10.6 Å². The third kappa shape index (κ3) is 1.73. The lowest BCUT2D eigenvalue weighted by atomic mass is 10.1. The minimum atomic E-state index is 0.646. The number of aryl methyl sites for hydroxylation is 1. The van der Waals surface area contributed by atoms with Crippen LogP contribution in [0.5, 0.6) is 0 Å². The molecule has 0 amide bonds. The molecule has 0 aliphatic carbocycles. The van der Waals surface area contributed by atoms with Gasteiger partial charge in [0.1, 0.15) is 0 Å². The third-order valence-corrected chi connectivity index (χ3v) is 2.69. The molecule has 0 heterocycles. The lowest BCUT2D eigenvalue weighted by molar-refractivity contribution is 1.12. The molecule has 0 saturated heterocycles. The monoisotopic (exact) mass is 198 g/mol. The van der Waals surface area contributed by atoms with Gasteiger partial charge in [0.05, 0.1) is 16.4 Å². The molecular formula is C10H15ClN2. The first kappa shape index (κ1) is 10.2. The number of hydrogen-bond acceptors (Lipinski definition) is 2. The fourth-order valence-corrected chi connectivity index (χ4v) is 1.58. The van der Waals surface area contributed by atoms with E-state index in [0.29, 0.717) is 10.7 Å². The van der Waals surface area contributed by atoms with Gasteiger partial charge in [0.2, 0.25) is 0 Å². The van der Waals surface area contributed by atoms with Gasteiger partial charge in [-0.3, -0.25) is 0 Å². The number of nitrogens with two attached hydrogens (primary N) is 1. The second-order valence-corrected chi connectivity index (χ2v) is 3.84. The van der Waals surface area contributed by atoms with Crippen LogP contribution in [0, 0.1) is 13.8 Å². The van der Waals surface area contributed by atoms with Crippen LogP contribution in [0.4, 0.5) is 11.4 Å². The van der Waals surface area contributed by atoms with Crippen LogP contribution in [0.1, 0.15) is 11.1 Å². The zero-order chi connectivity index (χ0) is 10.2. The number of rotatable bonds is 1. The van der Waals surface area contributed by atoms with Crippen LogP contribution >= 0.6 is 11.6 Å². The normalized spacial score (nSPS) is 10.2. The molecule has 0 aromatic heterocycles. The summed E-state index contributed by atoms with van der Waals surface area (Å²) in [4.78, 5) is 1.96. The van der Waals surface area contributed by atoms with E-state index in [9.17, 15) is 0 Å². The summed E-state index contributed by atoms with van der Waals surface area (Å²) >= 11 is 6.10. The quantitative estimate of drug-likeness (QED) is 0.703. The summed E-state index contributed by atoms with van der Waals surface area (Å²) in [5, 5.41) is 0.646. The van der Waals surface area contributed by atoms with E-state index < -0.39 is 0 Å². The Hall–Kier alpha value is -0.890. The Labute approximate surface area is 84.3 Å². The van der Waals surface area contributed by atoms with E-state index in [4.69, 9.17) is 17.3 Å². The summed E-state index contributed by atoms with van der Waals surface area (Å²) in [5.74, 6) is 0. The smallest absolute Gasteiger partial charge is 0.0871 e. The van der Waals surface area contributed by atoms with Crippen LogP contribution in [-0.4, -0.2) is 14.1 Å². The topological polar surface area (TPSA) is 29.3 Å². The second-order valence-electron chi connectivity index (χ2n) is 3.46. The lowest BCUT2D eigenvalue weighted by Crippen LogP contribution is -2.11. The van der Waals surface area contributed by atoms with Crippen molar-refractivity contribution in [2.24, 2.45) is 0 Å². The Kier molecular flexibility index (Phi) is 2.71. The SMILES string of the molecule is Cc1cc(N(C)C)c(Cl)c(N)c1C. The number of hydrogen-bond donors (Lipinski definition) is 1. The van der Waals surface area contributed by atoms with E-state index in [1.165, 1.54) is 5.56 Å². The van der Waals surface area contributed by atoms with Crippen LogP contribution in [0.3, 0.4) is 0 Å². The Morgan fingerprint density at radius 2 is 1.85 bits per heavy atom. The molecule has 0 spiro atoms. The summed E-state index contributed by atoms with van der Waals surface area (Å²) in [6.45, 7) is 4.02. The summed E-state index contributed by atoms with van der Waals surface area (Å²) in [5.41, 5.74) is 9.76. The van der Waals surface area contributed by atoms with E-state index >= 15 is 0 Å². The maximum absolute atomic E-state index is 6.10. The molecule has 0 saturated carbocycles. The third-order valence-electron chi connectivity index (χ3n) is 2.29. The van der Waals surface area contributed by atoms with Crippen LogP contribution in [-0.2, 0) is 0 Å². The van der Waals surface area contributed by atoms with Gasteiger partial charge >= 0.3 is 0 Å². The highest BCUT2D eigenvalue weighted by Crippen LogP contribution is 2.34. The first-order valence-electron chi connectivity index (χ1n) is 4.17. The van der Waals surface area contributed by atoms with Crippen LogP contribution in [0.25, 0.3) is 0 Å². The molecule has 0 atom stereocenters. The molecule has 2 nitrogen and oxygen atoms in total. The Balaban J connectivity index is 3.41. The number of nitrogen functional groups attached to an aromatic ring is 1. The fourth-order valence-electron chi connectivity index (χ4n) is 1.22. The van der Waals surface area contributed by atoms with Gasteiger partial charge in [0.25, 0.3) is 0 Å². The molecule has 0 unspecified atom stereocenters. The molecule has 2 N–H and O–H groups in total. The van der Waals surface area contributed by atoms with Gasteiger partial charge in [-0.05, 0) is 31.0 Å². The fraction of sp³-hybridized carbons (Fsp3) is 0.400.